The van der Waals surface area contributed by atoms with E-state index < -0.39 is 23.8 Å². The predicted octanol–water partition coefficient (Wildman–Crippen LogP) is 4.04. The smallest absolute Gasteiger partial charge is 0.288 e. The van der Waals surface area contributed by atoms with Crippen LogP contribution in [0, 0.1) is 5.82 Å². The zero-order valence-electron chi connectivity index (χ0n) is 11.1. The summed E-state index contributed by atoms with van der Waals surface area (Å²) >= 11 is 0. The number of hydrogen-bond acceptors (Lipinski definition) is 1. The van der Waals surface area contributed by atoms with Gasteiger partial charge in [-0.25, -0.2) is 4.39 Å². The molecule has 0 bridgehead atoms. The van der Waals surface area contributed by atoms with Crippen LogP contribution in [-0.4, -0.2) is 13.1 Å². The Bertz CT molecular complexity index is 389. The fourth-order valence-corrected chi connectivity index (χ4v) is 1.80. The van der Waals surface area contributed by atoms with Gasteiger partial charge in [-0.1, -0.05) is 39.0 Å². The molecule has 0 aliphatic carbocycles. The van der Waals surface area contributed by atoms with Crippen molar-refractivity contribution in [1.82, 2.24) is 5.32 Å². The van der Waals surface area contributed by atoms with Crippen LogP contribution in [0.1, 0.15) is 44.2 Å². The molecule has 0 fully saturated rings. The van der Waals surface area contributed by atoms with Gasteiger partial charge in [-0.3, -0.25) is 0 Å². The standard InChI is InChI=1S/C14H20F3N/c1-4-8-18-9-14(16,17)12-7-5-6-11(10(2)3)13(12)15/h5-7,10,18H,4,8-9H2,1-3H3. The monoisotopic (exact) mass is 259 g/mol. The number of benzene rings is 1. The molecule has 0 heterocycles. The van der Waals surface area contributed by atoms with Crippen molar-refractivity contribution in [3.05, 3.63) is 35.1 Å². The SMILES string of the molecule is CCCNCC(F)(F)c1cccc(C(C)C)c1F. The molecule has 102 valence electrons. The minimum absolute atomic E-state index is 0.107. The quantitative estimate of drug-likeness (QED) is 0.760. The highest BCUT2D eigenvalue weighted by molar-refractivity contribution is 5.31. The van der Waals surface area contributed by atoms with Crippen molar-refractivity contribution in [2.75, 3.05) is 13.1 Å². The van der Waals surface area contributed by atoms with Crippen molar-refractivity contribution < 1.29 is 13.2 Å². The fourth-order valence-electron chi connectivity index (χ4n) is 1.80. The van der Waals surface area contributed by atoms with E-state index in [4.69, 9.17) is 0 Å². The Balaban J connectivity index is 2.97. The van der Waals surface area contributed by atoms with Crippen molar-refractivity contribution in [3.8, 4) is 0 Å². The summed E-state index contributed by atoms with van der Waals surface area (Å²) in [6.07, 6.45) is 0.768. The van der Waals surface area contributed by atoms with Crippen LogP contribution in [0.4, 0.5) is 13.2 Å². The van der Waals surface area contributed by atoms with E-state index in [-0.39, 0.29) is 5.92 Å². The van der Waals surface area contributed by atoms with Crippen LogP contribution in [0.2, 0.25) is 0 Å². The number of halogens is 3. The van der Waals surface area contributed by atoms with Crippen molar-refractivity contribution in [1.29, 1.82) is 0 Å². The molecule has 1 aromatic carbocycles. The molecule has 0 saturated carbocycles. The molecule has 0 radical (unpaired) electrons. The average Bonchev–Trinajstić information content (AvgIpc) is 2.28. The number of alkyl halides is 2. The van der Waals surface area contributed by atoms with Gasteiger partial charge in [0, 0.05) is 0 Å². The van der Waals surface area contributed by atoms with Crippen molar-refractivity contribution in [2.45, 2.75) is 39.0 Å². The van der Waals surface area contributed by atoms with Gasteiger partial charge in [-0.15, -0.1) is 0 Å². The zero-order chi connectivity index (χ0) is 13.8. The second kappa shape index (κ2) is 6.23. The molecule has 0 aromatic heterocycles. The highest BCUT2D eigenvalue weighted by Gasteiger charge is 2.34. The van der Waals surface area contributed by atoms with Crippen LogP contribution >= 0.6 is 0 Å². The number of hydrogen-bond donors (Lipinski definition) is 1. The van der Waals surface area contributed by atoms with Gasteiger partial charge in [0.2, 0.25) is 0 Å². The third-order valence-electron chi connectivity index (χ3n) is 2.82. The molecule has 0 amide bonds. The highest BCUT2D eigenvalue weighted by atomic mass is 19.3. The van der Waals surface area contributed by atoms with Gasteiger partial charge in [0.1, 0.15) is 5.82 Å². The molecule has 1 rings (SSSR count). The lowest BCUT2D eigenvalue weighted by Gasteiger charge is -2.20. The Kier molecular flexibility index (Phi) is 5.20. The summed E-state index contributed by atoms with van der Waals surface area (Å²) in [7, 11) is 0. The second-order valence-corrected chi connectivity index (χ2v) is 4.74. The summed E-state index contributed by atoms with van der Waals surface area (Å²) in [5.74, 6) is -4.07. The first-order chi connectivity index (χ1) is 8.40. The Morgan fingerprint density at radius 2 is 1.94 bits per heavy atom. The molecule has 0 saturated heterocycles. The molecular weight excluding hydrogens is 239 g/mol. The average molecular weight is 259 g/mol. The molecule has 0 spiro atoms. The van der Waals surface area contributed by atoms with E-state index in [1.165, 1.54) is 6.07 Å². The minimum atomic E-state index is -3.18. The fraction of sp³-hybridized carbons (Fsp3) is 0.571. The maximum atomic E-state index is 14.0. The maximum absolute atomic E-state index is 14.0. The Morgan fingerprint density at radius 3 is 2.50 bits per heavy atom. The number of rotatable bonds is 6. The summed E-state index contributed by atoms with van der Waals surface area (Å²) < 4.78 is 41.8. The Hall–Kier alpha value is -1.03. The van der Waals surface area contributed by atoms with E-state index in [1.807, 2.05) is 6.92 Å². The summed E-state index contributed by atoms with van der Waals surface area (Å²) in [6.45, 7) is 5.44. The lowest BCUT2D eigenvalue weighted by molar-refractivity contribution is -0.00650. The summed E-state index contributed by atoms with van der Waals surface area (Å²) in [6, 6.07) is 4.20. The lowest BCUT2D eigenvalue weighted by atomic mass is 9.97. The second-order valence-electron chi connectivity index (χ2n) is 4.74. The molecule has 0 aliphatic rings. The topological polar surface area (TPSA) is 12.0 Å². The van der Waals surface area contributed by atoms with Crippen LogP contribution in [0.15, 0.2) is 18.2 Å². The van der Waals surface area contributed by atoms with E-state index in [0.717, 1.165) is 12.5 Å². The summed E-state index contributed by atoms with van der Waals surface area (Å²) in [4.78, 5) is 0. The summed E-state index contributed by atoms with van der Waals surface area (Å²) in [5.41, 5.74) is -0.181. The minimum Gasteiger partial charge on any atom is -0.311 e. The first-order valence-corrected chi connectivity index (χ1v) is 6.27. The molecule has 1 N–H and O–H groups in total. The molecule has 1 nitrogen and oxygen atoms in total. The van der Waals surface area contributed by atoms with Gasteiger partial charge in [0.15, 0.2) is 0 Å². The maximum Gasteiger partial charge on any atom is 0.288 e. The summed E-state index contributed by atoms with van der Waals surface area (Å²) in [5, 5.41) is 2.63. The Morgan fingerprint density at radius 1 is 1.28 bits per heavy atom. The highest BCUT2D eigenvalue weighted by Crippen LogP contribution is 2.32. The molecule has 4 heteroatoms. The largest absolute Gasteiger partial charge is 0.311 e. The Labute approximate surface area is 106 Å². The van der Waals surface area contributed by atoms with E-state index >= 15 is 0 Å². The van der Waals surface area contributed by atoms with E-state index in [2.05, 4.69) is 5.32 Å². The predicted molar refractivity (Wildman–Crippen MR) is 67.5 cm³/mol. The lowest BCUT2D eigenvalue weighted by Crippen LogP contribution is -2.32. The van der Waals surface area contributed by atoms with E-state index in [0.29, 0.717) is 12.1 Å². The molecule has 0 aliphatic heterocycles. The first-order valence-electron chi connectivity index (χ1n) is 6.27. The zero-order valence-corrected chi connectivity index (χ0v) is 11.1. The molecule has 0 atom stereocenters. The van der Waals surface area contributed by atoms with Crippen LogP contribution in [0.25, 0.3) is 0 Å². The molecular formula is C14H20F3N. The van der Waals surface area contributed by atoms with E-state index in [1.54, 1.807) is 19.9 Å². The van der Waals surface area contributed by atoms with Crippen LogP contribution in [-0.2, 0) is 5.92 Å². The molecule has 0 unspecified atom stereocenters. The first kappa shape index (κ1) is 15.0. The van der Waals surface area contributed by atoms with Crippen molar-refractivity contribution in [3.63, 3.8) is 0 Å². The number of nitrogens with one attached hydrogen (secondary N) is 1. The molecule has 18 heavy (non-hydrogen) atoms. The van der Waals surface area contributed by atoms with Gasteiger partial charge < -0.3 is 5.32 Å². The van der Waals surface area contributed by atoms with Gasteiger partial charge in [-0.2, -0.15) is 8.78 Å². The van der Waals surface area contributed by atoms with Crippen LogP contribution in [0.3, 0.4) is 0 Å². The van der Waals surface area contributed by atoms with Gasteiger partial charge in [-0.05, 0) is 24.4 Å². The van der Waals surface area contributed by atoms with Gasteiger partial charge >= 0.3 is 0 Å². The van der Waals surface area contributed by atoms with Crippen molar-refractivity contribution in [2.24, 2.45) is 0 Å². The normalized spacial score (nSPS) is 12.2. The van der Waals surface area contributed by atoms with Gasteiger partial charge in [0.05, 0.1) is 12.1 Å². The third-order valence-corrected chi connectivity index (χ3v) is 2.82. The van der Waals surface area contributed by atoms with Crippen LogP contribution < -0.4 is 5.32 Å². The molecule has 1 aromatic rings. The van der Waals surface area contributed by atoms with E-state index in [9.17, 15) is 13.2 Å². The van der Waals surface area contributed by atoms with Crippen molar-refractivity contribution >= 4 is 0 Å². The van der Waals surface area contributed by atoms with Gasteiger partial charge in [0.25, 0.3) is 5.92 Å². The third kappa shape index (κ3) is 3.48. The van der Waals surface area contributed by atoms with Crippen LogP contribution in [0.5, 0.6) is 0 Å².